The molecule has 0 saturated carbocycles. The Morgan fingerprint density at radius 3 is 2.63 bits per heavy atom. The minimum absolute atomic E-state index is 0.0916. The molecule has 3 N–H and O–H groups in total. The monoisotopic (exact) mass is 274 g/mol. The van der Waals surface area contributed by atoms with Crippen molar-refractivity contribution in [3.8, 4) is 0 Å². The van der Waals surface area contributed by atoms with Gasteiger partial charge >= 0.3 is 0 Å². The van der Waals surface area contributed by atoms with Crippen LogP contribution in [0.2, 0.25) is 0 Å². The molecule has 0 radical (unpaired) electrons. The van der Waals surface area contributed by atoms with Gasteiger partial charge < -0.3 is 10.6 Å². The molecule has 0 atom stereocenters. The van der Waals surface area contributed by atoms with Gasteiger partial charge in [0.1, 0.15) is 10.8 Å². The maximum atomic E-state index is 7.63. The molecule has 100 valence electrons. The Kier molecular flexibility index (Phi) is 3.85. The van der Waals surface area contributed by atoms with Gasteiger partial charge in [-0.15, -0.1) is 11.3 Å². The van der Waals surface area contributed by atoms with Crippen LogP contribution in [0.25, 0.3) is 0 Å². The van der Waals surface area contributed by atoms with Crippen LogP contribution in [0.5, 0.6) is 0 Å². The lowest BCUT2D eigenvalue weighted by Crippen LogP contribution is -2.21. The first-order valence-electron chi connectivity index (χ1n) is 6.06. The van der Waals surface area contributed by atoms with Crippen LogP contribution in [0, 0.1) is 19.3 Å². The van der Waals surface area contributed by atoms with E-state index in [2.05, 4.69) is 16.8 Å². The van der Waals surface area contributed by atoms with E-state index in [4.69, 9.17) is 11.1 Å². The second-order valence-electron chi connectivity index (χ2n) is 4.54. The molecule has 4 nitrogen and oxygen atoms in total. The van der Waals surface area contributed by atoms with Crippen molar-refractivity contribution in [3.05, 3.63) is 45.4 Å². The first kappa shape index (κ1) is 13.5. The molecule has 0 unspecified atom stereocenters. The molecule has 1 aromatic heterocycles. The Balaban J connectivity index is 2.25. The third-order valence-corrected chi connectivity index (χ3v) is 4.11. The summed E-state index contributed by atoms with van der Waals surface area (Å²) in [6.45, 7) is 4.84. The summed E-state index contributed by atoms with van der Waals surface area (Å²) in [5.41, 5.74) is 8.43. The van der Waals surface area contributed by atoms with Crippen molar-refractivity contribution >= 4 is 22.9 Å². The van der Waals surface area contributed by atoms with Crippen LogP contribution in [0.4, 0.5) is 5.69 Å². The molecule has 5 heteroatoms. The Bertz CT molecular complexity index is 584. The molecule has 0 aliphatic rings. The molecule has 0 bridgehead atoms. The molecule has 0 aliphatic carbocycles. The number of nitrogens with two attached hydrogens (primary N) is 1. The van der Waals surface area contributed by atoms with Crippen LogP contribution >= 0.6 is 11.3 Å². The first-order chi connectivity index (χ1) is 8.99. The molecule has 19 heavy (non-hydrogen) atoms. The van der Waals surface area contributed by atoms with E-state index in [1.165, 1.54) is 4.88 Å². The zero-order chi connectivity index (χ0) is 14.0. The van der Waals surface area contributed by atoms with Crippen molar-refractivity contribution in [2.75, 3.05) is 11.9 Å². The summed E-state index contributed by atoms with van der Waals surface area (Å²) in [5, 5.41) is 8.71. The Morgan fingerprint density at radius 1 is 1.37 bits per heavy atom. The minimum Gasteiger partial charge on any atom is -0.384 e. The fraction of sp³-hybridized carbons (Fsp3) is 0.286. The largest absolute Gasteiger partial charge is 0.384 e. The average Bonchev–Trinajstić information content (AvgIpc) is 2.68. The van der Waals surface area contributed by atoms with Gasteiger partial charge in [0, 0.05) is 23.2 Å². The van der Waals surface area contributed by atoms with Gasteiger partial charge in [-0.05, 0) is 26.0 Å². The standard InChI is InChI=1S/C14H18N4S/c1-9-10(2)19-13(17-9)8-18(3)12-7-5-4-6-11(12)14(15)16/h4-7H,8H2,1-3H3,(H3,15,16). The Labute approximate surface area is 117 Å². The number of benzene rings is 1. The predicted octanol–water partition coefficient (Wildman–Crippen LogP) is 2.68. The summed E-state index contributed by atoms with van der Waals surface area (Å²) >= 11 is 1.71. The number of rotatable bonds is 4. The molecular formula is C14H18N4S. The van der Waals surface area contributed by atoms with E-state index in [1.54, 1.807) is 11.3 Å². The number of aromatic nitrogens is 1. The van der Waals surface area contributed by atoms with Crippen molar-refractivity contribution in [3.63, 3.8) is 0 Å². The number of aryl methyl sites for hydroxylation is 2. The fourth-order valence-corrected chi connectivity index (χ4v) is 2.92. The van der Waals surface area contributed by atoms with Crippen LogP contribution in [0.1, 0.15) is 21.1 Å². The van der Waals surface area contributed by atoms with Crippen molar-refractivity contribution in [1.82, 2.24) is 4.98 Å². The van der Waals surface area contributed by atoms with Gasteiger partial charge in [0.15, 0.2) is 0 Å². The number of hydrogen-bond acceptors (Lipinski definition) is 4. The third-order valence-electron chi connectivity index (χ3n) is 3.05. The van der Waals surface area contributed by atoms with Gasteiger partial charge in [0.05, 0.1) is 12.2 Å². The van der Waals surface area contributed by atoms with Crippen LogP contribution in [0.15, 0.2) is 24.3 Å². The van der Waals surface area contributed by atoms with E-state index in [0.29, 0.717) is 0 Å². The van der Waals surface area contributed by atoms with E-state index in [9.17, 15) is 0 Å². The summed E-state index contributed by atoms with van der Waals surface area (Å²) in [6, 6.07) is 7.69. The van der Waals surface area contributed by atoms with E-state index >= 15 is 0 Å². The zero-order valence-corrected chi connectivity index (χ0v) is 12.2. The number of thiazole rings is 1. The number of para-hydroxylation sites is 1. The van der Waals surface area contributed by atoms with Crippen LogP contribution in [0.3, 0.4) is 0 Å². The third kappa shape index (κ3) is 2.93. The van der Waals surface area contributed by atoms with Gasteiger partial charge in [0.2, 0.25) is 0 Å². The number of amidine groups is 1. The molecule has 0 spiro atoms. The van der Waals surface area contributed by atoms with Crippen LogP contribution in [-0.2, 0) is 6.54 Å². The lowest BCUT2D eigenvalue weighted by Gasteiger charge is -2.20. The van der Waals surface area contributed by atoms with Gasteiger partial charge in [-0.1, -0.05) is 12.1 Å². The van der Waals surface area contributed by atoms with E-state index in [1.807, 2.05) is 38.2 Å². The highest BCUT2D eigenvalue weighted by Gasteiger charge is 2.11. The number of hydrogen-bond donors (Lipinski definition) is 2. The topological polar surface area (TPSA) is 66.0 Å². The summed E-state index contributed by atoms with van der Waals surface area (Å²) in [7, 11) is 1.99. The number of nitrogens with zero attached hydrogens (tertiary/aromatic N) is 2. The highest BCUT2D eigenvalue weighted by atomic mass is 32.1. The van der Waals surface area contributed by atoms with E-state index in [-0.39, 0.29) is 5.84 Å². The zero-order valence-electron chi connectivity index (χ0n) is 11.4. The van der Waals surface area contributed by atoms with Gasteiger partial charge in [-0.25, -0.2) is 4.98 Å². The number of nitrogens with one attached hydrogen (secondary N) is 1. The Hall–Kier alpha value is -1.88. The molecule has 0 fully saturated rings. The maximum absolute atomic E-state index is 7.63. The van der Waals surface area contributed by atoms with Crippen LogP contribution < -0.4 is 10.6 Å². The molecule has 0 saturated heterocycles. The quantitative estimate of drug-likeness (QED) is 0.665. The molecule has 0 amide bonds. The smallest absolute Gasteiger partial charge is 0.124 e. The highest BCUT2D eigenvalue weighted by molar-refractivity contribution is 7.11. The minimum atomic E-state index is 0.0916. The summed E-state index contributed by atoms with van der Waals surface area (Å²) in [5.74, 6) is 0.0916. The summed E-state index contributed by atoms with van der Waals surface area (Å²) in [4.78, 5) is 7.87. The SMILES string of the molecule is Cc1nc(CN(C)c2ccccc2C(=N)N)sc1C. The lowest BCUT2D eigenvalue weighted by molar-refractivity contribution is 0.903. The number of nitrogen functional groups attached to an aromatic ring is 1. The normalized spacial score (nSPS) is 10.5. The highest BCUT2D eigenvalue weighted by Crippen LogP contribution is 2.23. The molecule has 2 rings (SSSR count). The van der Waals surface area contributed by atoms with E-state index < -0.39 is 0 Å². The van der Waals surface area contributed by atoms with Gasteiger partial charge in [-0.3, -0.25) is 5.41 Å². The summed E-state index contributed by atoms with van der Waals surface area (Å²) in [6.07, 6.45) is 0. The van der Waals surface area contributed by atoms with E-state index in [0.717, 1.165) is 28.5 Å². The van der Waals surface area contributed by atoms with Gasteiger partial charge in [-0.2, -0.15) is 0 Å². The molecule has 1 aromatic carbocycles. The van der Waals surface area contributed by atoms with Crippen molar-refractivity contribution in [2.24, 2.45) is 5.73 Å². The number of anilines is 1. The summed E-state index contributed by atoms with van der Waals surface area (Å²) < 4.78 is 0. The molecule has 0 aliphatic heterocycles. The first-order valence-corrected chi connectivity index (χ1v) is 6.88. The van der Waals surface area contributed by atoms with Crippen molar-refractivity contribution in [1.29, 1.82) is 5.41 Å². The van der Waals surface area contributed by atoms with Crippen molar-refractivity contribution < 1.29 is 0 Å². The molecular weight excluding hydrogens is 256 g/mol. The van der Waals surface area contributed by atoms with Crippen molar-refractivity contribution in [2.45, 2.75) is 20.4 Å². The average molecular weight is 274 g/mol. The van der Waals surface area contributed by atoms with Crippen LogP contribution in [-0.4, -0.2) is 17.9 Å². The molecule has 1 heterocycles. The maximum Gasteiger partial charge on any atom is 0.124 e. The Morgan fingerprint density at radius 2 is 2.05 bits per heavy atom. The lowest BCUT2D eigenvalue weighted by atomic mass is 10.1. The predicted molar refractivity (Wildman–Crippen MR) is 81.2 cm³/mol. The second-order valence-corrected chi connectivity index (χ2v) is 5.82. The molecule has 2 aromatic rings. The second kappa shape index (κ2) is 5.40. The fourth-order valence-electron chi connectivity index (χ4n) is 1.93. The van der Waals surface area contributed by atoms with Gasteiger partial charge in [0.25, 0.3) is 0 Å².